The Labute approximate surface area is 90.9 Å². The summed E-state index contributed by atoms with van der Waals surface area (Å²) in [4.78, 5) is 32.3. The number of phosphoric ester groups is 2. The second-order valence-corrected chi connectivity index (χ2v) is 4.57. The molecule has 6 N–H and O–H groups in total. The van der Waals surface area contributed by atoms with Crippen LogP contribution in [-0.2, 0) is 18.2 Å². The largest absolute Gasteiger partial charge is 0.469 e. The molecule has 0 aromatic rings. The molecule has 0 aromatic heterocycles. The molecule has 0 aliphatic rings. The Kier molecular flexibility index (Phi) is 10.6. The minimum absolute atomic E-state index is 0.125. The van der Waals surface area contributed by atoms with Gasteiger partial charge in [-0.1, -0.05) is 0 Å². The Bertz CT molecular complexity index is 215. The van der Waals surface area contributed by atoms with E-state index in [0.29, 0.717) is 0 Å². The van der Waals surface area contributed by atoms with E-state index in [2.05, 4.69) is 9.05 Å². The van der Waals surface area contributed by atoms with Gasteiger partial charge in [-0.25, -0.2) is 9.13 Å². The quantitative estimate of drug-likeness (QED) is 0.240. The van der Waals surface area contributed by atoms with Crippen LogP contribution in [0.2, 0.25) is 0 Å². The molecule has 12 heteroatoms. The zero-order chi connectivity index (χ0) is 13.2. The van der Waals surface area contributed by atoms with Crippen LogP contribution in [0.4, 0.5) is 0 Å². The van der Waals surface area contributed by atoms with Crippen LogP contribution in [0.1, 0.15) is 0 Å². The van der Waals surface area contributed by atoms with Crippen LogP contribution in [0.5, 0.6) is 0 Å². The molecule has 100 valence electrons. The van der Waals surface area contributed by atoms with Gasteiger partial charge in [-0.15, -0.1) is 0 Å². The van der Waals surface area contributed by atoms with E-state index in [9.17, 15) is 9.13 Å². The number of hydrogen-bond acceptors (Lipinski definition) is 6. The van der Waals surface area contributed by atoms with Crippen molar-refractivity contribution in [2.45, 2.75) is 0 Å². The van der Waals surface area contributed by atoms with Gasteiger partial charge in [0.2, 0.25) is 0 Å². The Morgan fingerprint density at radius 3 is 1.12 bits per heavy atom. The monoisotopic (exact) mass is 284 g/mol. The van der Waals surface area contributed by atoms with Crippen molar-refractivity contribution in [3.63, 3.8) is 0 Å². The van der Waals surface area contributed by atoms with Gasteiger partial charge < -0.3 is 29.8 Å². The Morgan fingerprint density at radius 2 is 1.00 bits per heavy atom. The van der Waals surface area contributed by atoms with E-state index >= 15 is 0 Å². The molecule has 0 amide bonds. The first-order valence-electron chi connectivity index (χ1n) is 3.74. The fourth-order valence-electron chi connectivity index (χ4n) is 0.312. The molecule has 16 heavy (non-hydrogen) atoms. The summed E-state index contributed by atoms with van der Waals surface area (Å²) in [6.45, 7) is -1.43. The summed E-state index contributed by atoms with van der Waals surface area (Å²) in [5.41, 5.74) is 0. The first-order valence-corrected chi connectivity index (χ1v) is 6.80. The molecule has 10 nitrogen and oxygen atoms in total. The van der Waals surface area contributed by atoms with E-state index in [-0.39, 0.29) is 13.2 Å². The summed E-state index contributed by atoms with van der Waals surface area (Å²) in [6.07, 6.45) is 0. The van der Waals surface area contributed by atoms with Crippen LogP contribution >= 0.6 is 15.6 Å². The summed E-state index contributed by atoms with van der Waals surface area (Å²) < 4.78 is 27.6. The average molecular weight is 284 g/mol. The molecule has 0 aromatic carbocycles. The van der Waals surface area contributed by atoms with Gasteiger partial charge in [-0.05, 0) is 0 Å². The van der Waals surface area contributed by atoms with Crippen LogP contribution in [0.25, 0.3) is 0 Å². The molecular weight excluding hydrogens is 270 g/mol. The first kappa shape index (κ1) is 18.5. The lowest BCUT2D eigenvalue weighted by Crippen LogP contribution is -2.01. The molecular formula is C4H14O10P2. The van der Waals surface area contributed by atoms with Crippen molar-refractivity contribution in [1.29, 1.82) is 0 Å². The van der Waals surface area contributed by atoms with Crippen molar-refractivity contribution in [3.05, 3.63) is 0 Å². The van der Waals surface area contributed by atoms with Crippen LogP contribution in [0.3, 0.4) is 0 Å². The number of aliphatic hydroxyl groups is 2. The second-order valence-electron chi connectivity index (χ2n) is 2.09. The minimum Gasteiger partial charge on any atom is -0.394 e. The number of hydrogen-bond donors (Lipinski definition) is 6. The Balaban J connectivity index is 0. The normalized spacial score (nSPS) is 11.9. The van der Waals surface area contributed by atoms with E-state index in [0.717, 1.165) is 0 Å². The van der Waals surface area contributed by atoms with Crippen LogP contribution < -0.4 is 0 Å². The van der Waals surface area contributed by atoms with Crippen LogP contribution in [0, 0.1) is 0 Å². The maximum atomic E-state index is 9.98. The van der Waals surface area contributed by atoms with E-state index in [4.69, 9.17) is 29.8 Å². The van der Waals surface area contributed by atoms with Crippen LogP contribution in [0.15, 0.2) is 0 Å². The predicted octanol–water partition coefficient (Wildman–Crippen LogP) is -1.82. The van der Waals surface area contributed by atoms with Crippen molar-refractivity contribution in [2.75, 3.05) is 26.4 Å². The number of phosphoric acid groups is 2. The average Bonchev–Trinajstić information content (AvgIpc) is 2.10. The molecule has 0 heterocycles. The van der Waals surface area contributed by atoms with Gasteiger partial charge >= 0.3 is 15.6 Å². The standard InChI is InChI=1S/C2H8O8P2.C2H6O2/c3-11(4,5)9-1-2-10-12(6,7)8;3-1-2-4/h1-2H2,(H2,3,4,5)(H2,6,7,8);3-4H,1-2H2. The van der Waals surface area contributed by atoms with E-state index in [1.165, 1.54) is 0 Å². The molecule has 0 rings (SSSR count). The summed E-state index contributed by atoms with van der Waals surface area (Å²) in [5.74, 6) is 0. The van der Waals surface area contributed by atoms with E-state index < -0.39 is 28.9 Å². The topological polar surface area (TPSA) is 174 Å². The third kappa shape index (κ3) is 23.7. The van der Waals surface area contributed by atoms with E-state index in [1.54, 1.807) is 0 Å². The third-order valence-corrected chi connectivity index (χ3v) is 1.74. The molecule has 0 fully saturated rings. The summed E-state index contributed by atoms with van der Waals surface area (Å²) >= 11 is 0. The molecule has 0 atom stereocenters. The van der Waals surface area contributed by atoms with Crippen molar-refractivity contribution in [2.24, 2.45) is 0 Å². The highest BCUT2D eigenvalue weighted by molar-refractivity contribution is 7.46. The molecule has 0 bridgehead atoms. The van der Waals surface area contributed by atoms with Gasteiger partial charge in [0, 0.05) is 0 Å². The maximum Gasteiger partial charge on any atom is 0.469 e. The highest BCUT2D eigenvalue weighted by atomic mass is 31.2. The molecule has 0 saturated heterocycles. The predicted molar refractivity (Wildman–Crippen MR) is 50.2 cm³/mol. The van der Waals surface area contributed by atoms with E-state index in [1.807, 2.05) is 0 Å². The van der Waals surface area contributed by atoms with Crippen LogP contribution in [-0.4, -0.2) is 56.2 Å². The van der Waals surface area contributed by atoms with Gasteiger partial charge in [0.25, 0.3) is 0 Å². The van der Waals surface area contributed by atoms with Crippen molar-refractivity contribution in [3.8, 4) is 0 Å². The van der Waals surface area contributed by atoms with Gasteiger partial charge in [0.1, 0.15) is 0 Å². The zero-order valence-corrected chi connectivity index (χ0v) is 9.83. The molecule has 0 aliphatic heterocycles. The molecule has 0 spiro atoms. The second kappa shape index (κ2) is 9.20. The fraction of sp³-hybridized carbons (Fsp3) is 1.00. The highest BCUT2D eigenvalue weighted by Gasteiger charge is 2.16. The smallest absolute Gasteiger partial charge is 0.394 e. The zero-order valence-electron chi connectivity index (χ0n) is 8.04. The molecule has 0 radical (unpaired) electrons. The lowest BCUT2D eigenvalue weighted by molar-refractivity contribution is 0.134. The van der Waals surface area contributed by atoms with Crippen molar-refractivity contribution in [1.82, 2.24) is 0 Å². The summed E-state index contributed by atoms with van der Waals surface area (Å²) in [5, 5.41) is 15.2. The highest BCUT2D eigenvalue weighted by Crippen LogP contribution is 2.38. The van der Waals surface area contributed by atoms with Gasteiger partial charge in [0.15, 0.2) is 0 Å². The fourth-order valence-corrected chi connectivity index (χ4v) is 0.937. The van der Waals surface area contributed by atoms with Crippen molar-refractivity contribution < 1.29 is 48.0 Å². The molecule has 0 aliphatic carbocycles. The number of rotatable bonds is 6. The molecule has 0 saturated carbocycles. The first-order chi connectivity index (χ1) is 7.12. The Morgan fingerprint density at radius 1 is 0.750 bits per heavy atom. The van der Waals surface area contributed by atoms with Crippen molar-refractivity contribution >= 4 is 15.6 Å². The van der Waals surface area contributed by atoms with Gasteiger partial charge in [-0.3, -0.25) is 9.05 Å². The van der Waals surface area contributed by atoms with Gasteiger partial charge in [0.05, 0.1) is 26.4 Å². The summed E-state index contributed by atoms with van der Waals surface area (Å²) in [7, 11) is -9.16. The summed E-state index contributed by atoms with van der Waals surface area (Å²) in [6, 6.07) is 0. The SMILES string of the molecule is O=P(O)(O)OCCOP(=O)(O)O.OCCO. The van der Waals surface area contributed by atoms with Gasteiger partial charge in [-0.2, -0.15) is 0 Å². The minimum atomic E-state index is -4.58. The third-order valence-electron chi connectivity index (χ3n) is 0.702. The lowest BCUT2D eigenvalue weighted by atomic mass is 10.8. The Hall–Kier alpha value is 0.140. The molecule has 0 unspecified atom stereocenters. The number of aliphatic hydroxyl groups excluding tert-OH is 2. The lowest BCUT2D eigenvalue weighted by Gasteiger charge is -2.06. The maximum absolute atomic E-state index is 9.98.